The normalized spacial score (nSPS) is 22.1. The van der Waals surface area contributed by atoms with Gasteiger partial charge in [0.2, 0.25) is 0 Å². The Morgan fingerprint density at radius 2 is 2.25 bits per heavy atom. The molecule has 1 saturated heterocycles. The van der Waals surface area contributed by atoms with Crippen molar-refractivity contribution in [3.8, 4) is 0 Å². The smallest absolute Gasteiger partial charge is 0.315 e. The maximum atomic E-state index is 10.7. The minimum Gasteiger partial charge on any atom is -0.336 e. The van der Waals surface area contributed by atoms with Crippen molar-refractivity contribution in [3.05, 3.63) is 0 Å². The number of hydrogen-bond acceptors (Lipinski definition) is 1. The van der Waals surface area contributed by atoms with Crippen molar-refractivity contribution in [2.45, 2.75) is 45.1 Å². The van der Waals surface area contributed by atoms with Crippen molar-refractivity contribution in [1.29, 1.82) is 0 Å². The summed E-state index contributed by atoms with van der Waals surface area (Å²) < 4.78 is 0. The number of carbonyl (C=O) groups excluding carboxylic acids is 1. The van der Waals surface area contributed by atoms with E-state index in [1.165, 1.54) is 25.7 Å². The third-order valence-corrected chi connectivity index (χ3v) is 2.25. The number of hydrogen-bond donors (Lipinski definition) is 2. The van der Waals surface area contributed by atoms with Gasteiger partial charge in [0.1, 0.15) is 0 Å². The summed E-state index contributed by atoms with van der Waals surface area (Å²) in [5.41, 5.74) is 0. The second-order valence-electron chi connectivity index (χ2n) is 3.40. The molecule has 0 aromatic rings. The Hall–Kier alpha value is -0.730. The van der Waals surface area contributed by atoms with E-state index in [1.54, 1.807) is 0 Å². The number of nitrogens with one attached hydrogen (secondary N) is 2. The van der Waals surface area contributed by atoms with E-state index >= 15 is 0 Å². The summed E-state index contributed by atoms with van der Waals surface area (Å²) >= 11 is 0. The molecule has 3 heteroatoms. The number of urea groups is 1. The number of unbranched alkanes of at least 4 members (excludes halogenated alkanes) is 3. The molecule has 0 aliphatic carbocycles. The SMILES string of the molecule is CCCCCC[C@@H]1CNC(=O)N1. The summed E-state index contributed by atoms with van der Waals surface area (Å²) in [7, 11) is 0. The lowest BCUT2D eigenvalue weighted by atomic mass is 10.1. The van der Waals surface area contributed by atoms with Crippen molar-refractivity contribution in [1.82, 2.24) is 10.6 Å². The van der Waals surface area contributed by atoms with Crippen LogP contribution in [0.5, 0.6) is 0 Å². The van der Waals surface area contributed by atoms with Gasteiger partial charge in [0.05, 0.1) is 0 Å². The molecular formula is C9H18N2O. The monoisotopic (exact) mass is 170 g/mol. The molecule has 2 amide bonds. The molecule has 0 saturated carbocycles. The van der Waals surface area contributed by atoms with Crippen LogP contribution in [0, 0.1) is 0 Å². The first kappa shape index (κ1) is 9.36. The third-order valence-electron chi connectivity index (χ3n) is 2.25. The largest absolute Gasteiger partial charge is 0.336 e. The molecule has 2 N–H and O–H groups in total. The molecule has 0 unspecified atom stereocenters. The van der Waals surface area contributed by atoms with Gasteiger partial charge in [-0.2, -0.15) is 0 Å². The fourth-order valence-electron chi connectivity index (χ4n) is 1.50. The number of rotatable bonds is 5. The Morgan fingerprint density at radius 1 is 1.42 bits per heavy atom. The maximum Gasteiger partial charge on any atom is 0.315 e. The van der Waals surface area contributed by atoms with Gasteiger partial charge < -0.3 is 10.6 Å². The zero-order valence-electron chi connectivity index (χ0n) is 7.73. The standard InChI is InChI=1S/C9H18N2O/c1-2-3-4-5-6-8-7-10-9(12)11-8/h8H,2-7H2,1H3,(H2,10,11,12)/t8-/m1/s1. The highest BCUT2D eigenvalue weighted by molar-refractivity contribution is 5.76. The molecule has 0 radical (unpaired) electrons. The zero-order valence-corrected chi connectivity index (χ0v) is 7.73. The summed E-state index contributed by atoms with van der Waals surface area (Å²) in [6, 6.07) is 0.379. The molecule has 0 spiro atoms. The minimum atomic E-state index is -0.00417. The second-order valence-corrected chi connectivity index (χ2v) is 3.40. The highest BCUT2D eigenvalue weighted by atomic mass is 16.2. The lowest BCUT2D eigenvalue weighted by molar-refractivity contribution is 0.247. The maximum absolute atomic E-state index is 10.7. The van der Waals surface area contributed by atoms with Crippen LogP contribution >= 0.6 is 0 Å². The van der Waals surface area contributed by atoms with E-state index in [-0.39, 0.29) is 6.03 Å². The van der Waals surface area contributed by atoms with Gasteiger partial charge in [-0.25, -0.2) is 4.79 Å². The van der Waals surface area contributed by atoms with Crippen LogP contribution in [0.3, 0.4) is 0 Å². The van der Waals surface area contributed by atoms with Crippen molar-refractivity contribution in [2.75, 3.05) is 6.54 Å². The molecule has 1 aliphatic rings. The van der Waals surface area contributed by atoms with Crippen molar-refractivity contribution < 1.29 is 4.79 Å². The van der Waals surface area contributed by atoms with Gasteiger partial charge in [0.25, 0.3) is 0 Å². The van der Waals surface area contributed by atoms with Crippen LogP contribution in [0.25, 0.3) is 0 Å². The summed E-state index contributed by atoms with van der Waals surface area (Å²) in [4.78, 5) is 10.7. The first-order chi connectivity index (χ1) is 5.83. The Kier molecular flexibility index (Phi) is 3.91. The van der Waals surface area contributed by atoms with Crippen LogP contribution in [-0.2, 0) is 0 Å². The van der Waals surface area contributed by atoms with Crippen LogP contribution in [0.1, 0.15) is 39.0 Å². The highest BCUT2D eigenvalue weighted by Crippen LogP contribution is 2.06. The van der Waals surface area contributed by atoms with E-state index in [0.29, 0.717) is 6.04 Å². The first-order valence-electron chi connectivity index (χ1n) is 4.87. The van der Waals surface area contributed by atoms with Crippen molar-refractivity contribution in [2.24, 2.45) is 0 Å². The van der Waals surface area contributed by atoms with Gasteiger partial charge in [-0.15, -0.1) is 0 Å². The van der Waals surface area contributed by atoms with Crippen LogP contribution in [0.2, 0.25) is 0 Å². The van der Waals surface area contributed by atoms with E-state index < -0.39 is 0 Å². The van der Waals surface area contributed by atoms with E-state index in [4.69, 9.17) is 0 Å². The molecule has 1 atom stereocenters. The van der Waals surface area contributed by atoms with E-state index in [0.717, 1.165) is 13.0 Å². The molecule has 12 heavy (non-hydrogen) atoms. The van der Waals surface area contributed by atoms with Gasteiger partial charge in [0, 0.05) is 12.6 Å². The van der Waals surface area contributed by atoms with Gasteiger partial charge in [-0.1, -0.05) is 32.6 Å². The zero-order chi connectivity index (χ0) is 8.81. The molecule has 1 rings (SSSR count). The van der Waals surface area contributed by atoms with Crippen molar-refractivity contribution in [3.63, 3.8) is 0 Å². The van der Waals surface area contributed by atoms with Crippen molar-refractivity contribution >= 4 is 6.03 Å². The molecule has 0 aromatic heterocycles. The molecule has 70 valence electrons. The molecule has 3 nitrogen and oxygen atoms in total. The van der Waals surface area contributed by atoms with Gasteiger partial charge in [0.15, 0.2) is 0 Å². The molecular weight excluding hydrogens is 152 g/mol. The van der Waals surface area contributed by atoms with Gasteiger partial charge in [-0.05, 0) is 6.42 Å². The Bertz CT molecular complexity index is 147. The number of amides is 2. The summed E-state index contributed by atoms with van der Waals surface area (Å²) in [6.45, 7) is 3.02. The fraction of sp³-hybridized carbons (Fsp3) is 0.889. The van der Waals surface area contributed by atoms with Crippen LogP contribution in [0.4, 0.5) is 4.79 Å². The molecule has 1 aliphatic heterocycles. The van der Waals surface area contributed by atoms with Gasteiger partial charge >= 0.3 is 6.03 Å². The molecule has 1 fully saturated rings. The van der Waals surface area contributed by atoms with Crippen LogP contribution in [0.15, 0.2) is 0 Å². The van der Waals surface area contributed by atoms with Gasteiger partial charge in [-0.3, -0.25) is 0 Å². The predicted molar refractivity (Wildman–Crippen MR) is 49.1 cm³/mol. The average molecular weight is 170 g/mol. The Balaban J connectivity index is 1.97. The van der Waals surface area contributed by atoms with Crippen LogP contribution < -0.4 is 10.6 Å². The molecule has 0 aromatic carbocycles. The second kappa shape index (κ2) is 5.01. The lowest BCUT2D eigenvalue weighted by Crippen LogP contribution is -2.26. The van der Waals surface area contributed by atoms with E-state index in [1.807, 2.05) is 0 Å². The van der Waals surface area contributed by atoms with Crippen LogP contribution in [-0.4, -0.2) is 18.6 Å². The lowest BCUT2D eigenvalue weighted by Gasteiger charge is -2.06. The van der Waals surface area contributed by atoms with E-state index in [9.17, 15) is 4.79 Å². The Labute approximate surface area is 73.9 Å². The van der Waals surface area contributed by atoms with E-state index in [2.05, 4.69) is 17.6 Å². The number of carbonyl (C=O) groups is 1. The highest BCUT2D eigenvalue weighted by Gasteiger charge is 2.18. The quantitative estimate of drug-likeness (QED) is 0.605. The first-order valence-corrected chi connectivity index (χ1v) is 4.87. The molecule has 0 bridgehead atoms. The summed E-state index contributed by atoms with van der Waals surface area (Å²) in [6.07, 6.45) is 6.24. The average Bonchev–Trinajstić information content (AvgIpc) is 2.45. The Morgan fingerprint density at radius 3 is 2.83 bits per heavy atom. The predicted octanol–water partition coefficient (Wildman–Crippen LogP) is 1.64. The fourth-order valence-corrected chi connectivity index (χ4v) is 1.50. The summed E-state index contributed by atoms with van der Waals surface area (Å²) in [5, 5.41) is 5.64. The third kappa shape index (κ3) is 3.11. The molecule has 1 heterocycles. The minimum absolute atomic E-state index is 0.00417. The topological polar surface area (TPSA) is 41.1 Å². The summed E-state index contributed by atoms with van der Waals surface area (Å²) in [5.74, 6) is 0.